The molecule has 4 aromatic rings. The molecule has 0 aliphatic rings. The lowest BCUT2D eigenvalue weighted by atomic mass is 9.67. The maximum Gasteiger partial charge on any atom is 0.333 e. The summed E-state index contributed by atoms with van der Waals surface area (Å²) in [6, 6.07) is 31.1. The van der Waals surface area contributed by atoms with E-state index in [9.17, 15) is 71.8 Å². The molecule has 5 unspecified atom stereocenters. The zero-order chi connectivity index (χ0) is 93.1. The van der Waals surface area contributed by atoms with Crippen LogP contribution in [0, 0.1) is 26.2 Å². The normalized spacial score (nSPS) is 13.7. The molecule has 7 atom stereocenters. The van der Waals surface area contributed by atoms with Crippen molar-refractivity contribution < 1.29 is 123 Å². The van der Waals surface area contributed by atoms with Gasteiger partial charge in [0.2, 0.25) is 11.8 Å². The highest BCUT2D eigenvalue weighted by atomic mass is 32.2. The van der Waals surface area contributed by atoms with Gasteiger partial charge in [-0.05, 0) is 105 Å². The topological polar surface area (TPSA) is 460 Å². The van der Waals surface area contributed by atoms with Crippen LogP contribution in [0.3, 0.4) is 0 Å². The SMILES string of the molecule is C=C(C)C(=O)OCCCC.C=C(C)C(=O)OCCOP(=O)([O-])OCC[N+](C)(C)C.C=Cc1ccc(C(=O)c2ccccc2)cc1.CC(=O)N[C@@H](C(=O)O)C(C)(C)S.CC(=O)N[C@@H](C(=O)O)C(C)(C)SN=O.CCCCOC(=O)C(C)(CC(C)c1ccc(C(=O)c2ccccc2)cc1)CC(C)(CC)C(=O)OCCOP(=O)([O-])OCC[N+](C)(C)C.N=O. The van der Waals surface area contributed by atoms with Crippen LogP contribution in [0.4, 0.5) is 0 Å². The van der Waals surface area contributed by atoms with E-state index in [4.69, 9.17) is 38.4 Å². The van der Waals surface area contributed by atoms with Crippen LogP contribution in [0.5, 0.6) is 0 Å². The van der Waals surface area contributed by atoms with Crippen LogP contribution >= 0.6 is 40.2 Å². The number of rotatable bonds is 45. The summed E-state index contributed by atoms with van der Waals surface area (Å²) in [4.78, 5) is 157. The van der Waals surface area contributed by atoms with E-state index in [0.29, 0.717) is 81.3 Å². The van der Waals surface area contributed by atoms with E-state index in [0.717, 1.165) is 36.8 Å². The summed E-state index contributed by atoms with van der Waals surface area (Å²) in [6.07, 6.45) is 6.25. The molecule has 4 rings (SSSR count). The number of hydrogen-bond acceptors (Lipinski definition) is 28. The molecule has 0 fully saturated rings. The largest absolute Gasteiger partial charge is 0.756 e. The van der Waals surface area contributed by atoms with E-state index in [-0.39, 0.29) is 93.6 Å². The van der Waals surface area contributed by atoms with E-state index in [2.05, 4.69) is 73.9 Å². The maximum absolute atomic E-state index is 13.6. The summed E-state index contributed by atoms with van der Waals surface area (Å²) in [5.74, 6) is -5.04. The third-order valence-corrected chi connectivity index (χ3v) is 19.7. The molecular formula is C84H128N6O26P2S2. The lowest BCUT2D eigenvalue weighted by Crippen LogP contribution is -2.51. The predicted molar refractivity (Wildman–Crippen MR) is 462 cm³/mol. The smallest absolute Gasteiger partial charge is 0.333 e. The lowest BCUT2D eigenvalue weighted by molar-refractivity contribution is -0.870. The Labute approximate surface area is 717 Å². The Balaban J connectivity index is -0.00000154. The average molecular weight is 1760 g/mol. The zero-order valence-corrected chi connectivity index (χ0v) is 76.6. The fourth-order valence-corrected chi connectivity index (χ4v) is 11.8. The number of carbonyl (C=O) groups is 10. The number of aliphatic carboxylic acids is 2. The fourth-order valence-electron chi connectivity index (χ4n) is 9.81. The van der Waals surface area contributed by atoms with E-state index >= 15 is 0 Å². The van der Waals surface area contributed by atoms with Gasteiger partial charge in [-0.15, -0.1) is 4.91 Å². The van der Waals surface area contributed by atoms with Crippen LogP contribution in [-0.4, -0.2) is 208 Å². The average Bonchev–Trinajstić information content (AvgIpc) is 0.792. The van der Waals surface area contributed by atoms with Crippen LogP contribution in [-0.2, 0) is 84.5 Å². The van der Waals surface area contributed by atoms with Gasteiger partial charge in [-0.2, -0.15) is 17.5 Å². The Bertz CT molecular complexity index is 3970. The van der Waals surface area contributed by atoms with Gasteiger partial charge in [-0.1, -0.05) is 181 Å². The van der Waals surface area contributed by atoms with Crippen molar-refractivity contribution in [1.29, 1.82) is 5.59 Å². The minimum absolute atomic E-state index is 0.0285. The summed E-state index contributed by atoms with van der Waals surface area (Å²) in [5.41, 5.74) is 7.67. The number of nitroso groups, excluding NO2 is 2. The fraction of sp³-hybridized carbons (Fsp3) is 0.524. The molecule has 0 aromatic heterocycles. The minimum Gasteiger partial charge on any atom is -0.756 e. The monoisotopic (exact) mass is 1760 g/mol. The Morgan fingerprint density at radius 3 is 1.22 bits per heavy atom. The quantitative estimate of drug-likeness (QED) is 0.00229. The Hall–Kier alpha value is -8.76. The summed E-state index contributed by atoms with van der Waals surface area (Å²) in [5, 5.41) is 22.1. The van der Waals surface area contributed by atoms with Crippen molar-refractivity contribution in [2.24, 2.45) is 15.4 Å². The Morgan fingerprint density at radius 1 is 0.542 bits per heavy atom. The maximum atomic E-state index is 13.6. The molecule has 0 aliphatic carbocycles. The third kappa shape index (κ3) is 51.8. The number of esters is 4. The number of carbonyl (C=O) groups excluding carboxylic acids is 8. The van der Waals surface area contributed by atoms with Gasteiger partial charge in [0.1, 0.15) is 51.6 Å². The molecule has 36 heteroatoms. The van der Waals surface area contributed by atoms with Crippen molar-refractivity contribution in [1.82, 2.24) is 10.6 Å². The van der Waals surface area contributed by atoms with Crippen LogP contribution in [0.15, 0.2) is 145 Å². The Morgan fingerprint density at radius 2 is 0.883 bits per heavy atom. The van der Waals surface area contributed by atoms with Crippen molar-refractivity contribution in [3.63, 3.8) is 0 Å². The number of quaternary nitrogens is 2. The summed E-state index contributed by atoms with van der Waals surface area (Å²) >= 11 is 4.65. The first-order chi connectivity index (χ1) is 55.5. The number of unbranched alkanes of at least 4 members (excludes halogenated alkanes) is 2. The summed E-state index contributed by atoms with van der Waals surface area (Å²) in [7, 11) is 2.59. The molecule has 0 spiro atoms. The highest BCUT2D eigenvalue weighted by molar-refractivity contribution is 7.99. The number of thiol groups is 1. The van der Waals surface area contributed by atoms with E-state index < -0.39 is 77.8 Å². The Kier molecular flexibility index (Phi) is 56.0. The molecule has 0 saturated carbocycles. The molecule has 32 nitrogen and oxygen atoms in total. The molecule has 4 aromatic carbocycles. The van der Waals surface area contributed by atoms with Crippen molar-refractivity contribution in [2.45, 2.75) is 169 Å². The van der Waals surface area contributed by atoms with Gasteiger partial charge in [-0.25, -0.2) is 19.2 Å². The highest BCUT2D eigenvalue weighted by Crippen LogP contribution is 2.45. The third-order valence-electron chi connectivity index (χ3n) is 16.7. The molecule has 0 saturated heterocycles. The molecule has 5 N–H and O–H groups in total. The van der Waals surface area contributed by atoms with Gasteiger partial charge >= 0.3 is 35.8 Å². The first-order valence-electron chi connectivity index (χ1n) is 38.3. The molecular weight excluding hydrogens is 1640 g/mol. The van der Waals surface area contributed by atoms with Gasteiger partial charge in [0.05, 0.1) is 84.3 Å². The number of ketones is 2. The molecule has 2 amide bonds. The van der Waals surface area contributed by atoms with Crippen molar-refractivity contribution in [3.05, 3.63) is 183 Å². The molecule has 120 heavy (non-hydrogen) atoms. The number of carboxylic acid groups (broad SMARTS) is 2. The number of phosphoric ester groups is 2. The molecule has 672 valence electrons. The first kappa shape index (κ1) is 115. The number of hydrogen-bond donors (Lipinski definition) is 6. The molecule has 0 heterocycles. The number of likely N-dealkylation sites (N-methyl/N-ethyl adjacent to an activating group) is 2. The lowest BCUT2D eigenvalue weighted by Gasteiger charge is -2.37. The van der Waals surface area contributed by atoms with Crippen molar-refractivity contribution in [3.8, 4) is 0 Å². The number of carboxylic acids is 2. The summed E-state index contributed by atoms with van der Waals surface area (Å²) in [6.45, 7) is 34.6. The second-order valence-electron chi connectivity index (χ2n) is 31.0. The summed E-state index contributed by atoms with van der Waals surface area (Å²) < 4.78 is 65.0. The highest BCUT2D eigenvalue weighted by Gasteiger charge is 2.47. The second kappa shape index (κ2) is 58.3. The van der Waals surface area contributed by atoms with Gasteiger partial charge in [0.15, 0.2) is 11.6 Å². The van der Waals surface area contributed by atoms with Crippen molar-refractivity contribution >= 4 is 105 Å². The zero-order valence-electron chi connectivity index (χ0n) is 73.1. The van der Waals surface area contributed by atoms with E-state index in [1.807, 2.05) is 155 Å². The second-order valence-corrected chi connectivity index (χ2v) is 36.4. The van der Waals surface area contributed by atoms with Crippen LogP contribution in [0.2, 0.25) is 0 Å². The molecule has 0 aliphatic heterocycles. The van der Waals surface area contributed by atoms with Crippen LogP contribution < -0.4 is 20.4 Å². The number of benzene rings is 4. The number of nitrogens with zero attached hydrogens (tertiary/aromatic N) is 3. The van der Waals surface area contributed by atoms with Gasteiger partial charge in [0.25, 0.3) is 15.6 Å². The first-order valence-corrected chi connectivity index (χ1v) is 42.4. The van der Waals surface area contributed by atoms with Crippen molar-refractivity contribution in [2.75, 3.05) is 108 Å². The predicted octanol–water partition coefficient (Wildman–Crippen LogP) is 13.5. The van der Waals surface area contributed by atoms with Gasteiger partial charge in [-0.3, -0.25) is 37.9 Å². The van der Waals surface area contributed by atoms with Gasteiger partial charge in [0, 0.05) is 68.5 Å². The number of phosphoric acid groups is 2. The van der Waals surface area contributed by atoms with E-state index in [1.54, 1.807) is 58.0 Å². The standard InChI is InChI=1S/C36H54NO9P.C15H12O.C11H22NO6P.C8H14O2.C7H12N2O4S.C7H13NO3S.HNO/c1-9-11-22-43-34(40)36(5,26-28(3)29-17-19-31(20-18-29)32(38)30-15-13-12-14-16-30)27-35(4,10-2)33(39)44-24-25-46-47(41,42)45-23-21-37(6,7)8;1-2-12-8-10-14(11-9-12)15(16)13-6-4-3-5-7-13;1-10(2)11(13)16-8-9-18-19(14,15)17-7-6-12(3,4)5;1-4-5-6-10-8(9)7(2)3;1-4(10)8-5(6(11)12)7(2,3)14-9-13;1-4(9)8-5(6(10)11)7(2,3)12;1-2/h12-20,28H,9-11,21-27H2,1-8H3;2-11H,1H2;1,6-9H2,2-5H3;2,4-6H2,1,3H3;5H,1-3H3,(H,8,10)(H,11,12);5,12H,1-3H3,(H,8,9)(H,10,11);1H/t;;;;2*5-;/m....00./s1. The number of nitrogens with one attached hydrogen (secondary N) is 3. The minimum atomic E-state index is -4.55. The number of amides is 2. The number of ether oxygens (including phenoxy) is 4. The van der Waals surface area contributed by atoms with Crippen LogP contribution in [0.25, 0.3) is 6.08 Å². The molecule has 0 radical (unpaired) electrons. The van der Waals surface area contributed by atoms with E-state index in [1.165, 1.54) is 34.6 Å². The van der Waals surface area contributed by atoms with Crippen LogP contribution in [0.1, 0.15) is 191 Å². The molecule has 0 bridgehead atoms. The van der Waals surface area contributed by atoms with Gasteiger partial charge < -0.3 is 76.6 Å².